The van der Waals surface area contributed by atoms with Gasteiger partial charge in [0.2, 0.25) is 0 Å². The van der Waals surface area contributed by atoms with E-state index < -0.39 is 7.14 Å². The van der Waals surface area contributed by atoms with Crippen LogP contribution in [0.3, 0.4) is 0 Å². The summed E-state index contributed by atoms with van der Waals surface area (Å²) in [5.74, 6) is 0. The molecule has 11 aromatic rings. The van der Waals surface area contributed by atoms with E-state index in [-0.39, 0.29) is 0 Å². The monoisotopic (exact) mass is 760 g/mol. The van der Waals surface area contributed by atoms with Crippen LogP contribution in [-0.4, -0.2) is 9.13 Å². The fourth-order valence-corrected chi connectivity index (χ4v) is 11.5. The summed E-state index contributed by atoms with van der Waals surface area (Å²) in [5.41, 5.74) is 11.4. The molecule has 11 rings (SSSR count). The molecule has 0 radical (unpaired) electrons. The summed E-state index contributed by atoms with van der Waals surface area (Å²) in [6, 6.07) is 78.4. The zero-order chi connectivity index (χ0) is 38.6. The Hall–Kier alpha value is -7.19. The van der Waals surface area contributed by atoms with Crippen LogP contribution in [0.1, 0.15) is 0 Å². The van der Waals surface area contributed by atoms with Crippen molar-refractivity contribution in [2.45, 2.75) is 0 Å². The summed E-state index contributed by atoms with van der Waals surface area (Å²) in [5, 5.41) is 7.34. The maximum absolute atomic E-state index is 15.6. The van der Waals surface area contributed by atoms with Crippen molar-refractivity contribution in [2.75, 3.05) is 0 Å². The molecular weight excluding hydrogens is 724 g/mol. The van der Waals surface area contributed by atoms with E-state index in [1.165, 1.54) is 43.6 Å². The van der Waals surface area contributed by atoms with Gasteiger partial charge in [0.05, 0.1) is 22.1 Å². The van der Waals surface area contributed by atoms with Crippen molar-refractivity contribution in [2.24, 2.45) is 0 Å². The van der Waals surface area contributed by atoms with Gasteiger partial charge in [-0.2, -0.15) is 0 Å². The lowest BCUT2D eigenvalue weighted by atomic mass is 10.0. The Bertz CT molecular complexity index is 3290. The highest BCUT2D eigenvalue weighted by molar-refractivity contribution is 7.85. The highest BCUT2D eigenvalue weighted by atomic mass is 31.2. The van der Waals surface area contributed by atoms with E-state index in [0.29, 0.717) is 0 Å². The number of aromatic nitrogens is 2. The Labute approximate surface area is 337 Å². The lowest BCUT2D eigenvalue weighted by Gasteiger charge is -2.21. The number of para-hydroxylation sites is 4. The summed E-state index contributed by atoms with van der Waals surface area (Å²) in [6.45, 7) is 0. The number of rotatable bonds is 7. The average molecular weight is 761 g/mol. The SMILES string of the molecule is O=P(c1ccccc1)(c1ccc(-c2cccc(-n3c4ccccc4c4ccccc43)c2)cc1)c1ccc(-c2ccc3c(c2)c2ccccc2n3-c2ccccc2)cc1. The van der Waals surface area contributed by atoms with E-state index in [1.807, 2.05) is 30.3 Å². The average Bonchev–Trinajstić information content (AvgIpc) is 3.82. The topological polar surface area (TPSA) is 26.9 Å². The molecule has 9 aromatic carbocycles. The Morgan fingerprint density at radius 3 is 1.24 bits per heavy atom. The van der Waals surface area contributed by atoms with Gasteiger partial charge in [0.1, 0.15) is 0 Å². The van der Waals surface area contributed by atoms with E-state index in [1.54, 1.807) is 0 Å². The minimum Gasteiger partial charge on any atom is -0.309 e. The van der Waals surface area contributed by atoms with E-state index in [0.717, 1.165) is 49.5 Å². The molecule has 0 amide bonds. The molecular formula is C54H37N2OP. The van der Waals surface area contributed by atoms with Gasteiger partial charge < -0.3 is 13.7 Å². The van der Waals surface area contributed by atoms with Crippen LogP contribution < -0.4 is 15.9 Å². The molecule has 0 saturated carbocycles. The van der Waals surface area contributed by atoms with Crippen molar-refractivity contribution in [3.8, 4) is 33.6 Å². The molecule has 3 nitrogen and oxygen atoms in total. The molecule has 4 heteroatoms. The summed E-state index contributed by atoms with van der Waals surface area (Å²) >= 11 is 0. The molecule has 0 aliphatic rings. The van der Waals surface area contributed by atoms with E-state index >= 15 is 4.57 Å². The minimum atomic E-state index is -3.21. The van der Waals surface area contributed by atoms with Crippen LogP contribution in [-0.2, 0) is 4.57 Å². The van der Waals surface area contributed by atoms with Crippen molar-refractivity contribution in [1.29, 1.82) is 0 Å². The largest absolute Gasteiger partial charge is 0.309 e. The molecule has 0 aliphatic heterocycles. The fraction of sp³-hybridized carbons (Fsp3) is 0. The third-order valence-corrected chi connectivity index (χ3v) is 14.7. The molecule has 1 unspecified atom stereocenters. The highest BCUT2D eigenvalue weighted by Crippen LogP contribution is 2.44. The second-order valence-corrected chi connectivity index (χ2v) is 17.6. The first-order chi connectivity index (χ1) is 28.6. The van der Waals surface area contributed by atoms with Crippen LogP contribution in [0, 0.1) is 0 Å². The van der Waals surface area contributed by atoms with Crippen LogP contribution in [0.2, 0.25) is 0 Å². The van der Waals surface area contributed by atoms with Crippen molar-refractivity contribution >= 4 is 66.7 Å². The van der Waals surface area contributed by atoms with Crippen molar-refractivity contribution in [3.63, 3.8) is 0 Å². The molecule has 274 valence electrons. The van der Waals surface area contributed by atoms with Gasteiger partial charge in [0.15, 0.2) is 7.14 Å². The number of nitrogens with zero attached hydrogens (tertiary/aromatic N) is 2. The van der Waals surface area contributed by atoms with Gasteiger partial charge in [-0.1, -0.05) is 170 Å². The van der Waals surface area contributed by atoms with Crippen LogP contribution in [0.5, 0.6) is 0 Å². The first-order valence-corrected chi connectivity index (χ1v) is 21.4. The predicted molar refractivity (Wildman–Crippen MR) is 245 cm³/mol. The number of benzene rings is 9. The van der Waals surface area contributed by atoms with Crippen molar-refractivity contribution in [3.05, 3.63) is 224 Å². The third-order valence-electron chi connectivity index (χ3n) is 11.6. The van der Waals surface area contributed by atoms with Crippen LogP contribution in [0.15, 0.2) is 224 Å². The molecule has 0 bridgehead atoms. The van der Waals surface area contributed by atoms with Gasteiger partial charge in [-0.25, -0.2) is 0 Å². The number of hydrogen-bond donors (Lipinski definition) is 0. The molecule has 0 spiro atoms. The zero-order valence-electron chi connectivity index (χ0n) is 31.6. The van der Waals surface area contributed by atoms with Crippen molar-refractivity contribution in [1.82, 2.24) is 9.13 Å². The van der Waals surface area contributed by atoms with Gasteiger partial charge in [0.25, 0.3) is 0 Å². The summed E-state index contributed by atoms with van der Waals surface area (Å²) in [7, 11) is -3.21. The lowest BCUT2D eigenvalue weighted by Crippen LogP contribution is -2.24. The first-order valence-electron chi connectivity index (χ1n) is 19.7. The van der Waals surface area contributed by atoms with Gasteiger partial charge in [0, 0.05) is 48.8 Å². The standard InChI is InChI=1S/C54H37N2OP/c57-58(44-18-5-2-6-19-44,45-31-26-38(27-32-45)40-14-13-17-43(36-40)56-51-23-10-7-20-47(51)48-21-8-11-24-52(48)56)46-33-28-39(29-34-46)41-30-35-54-50(37-41)49-22-9-12-25-53(49)55(54)42-15-3-1-4-16-42/h1-37H. The van der Waals surface area contributed by atoms with Gasteiger partial charge in [-0.3, -0.25) is 0 Å². The summed E-state index contributed by atoms with van der Waals surface area (Å²) in [6.07, 6.45) is 0. The molecule has 0 saturated heterocycles. The maximum Gasteiger partial charge on any atom is 0.171 e. The van der Waals surface area contributed by atoms with Crippen LogP contribution >= 0.6 is 7.14 Å². The molecule has 0 aliphatic carbocycles. The normalized spacial score (nSPS) is 12.7. The number of hydrogen-bond acceptors (Lipinski definition) is 1. The molecule has 58 heavy (non-hydrogen) atoms. The Morgan fingerprint density at radius 1 is 0.276 bits per heavy atom. The summed E-state index contributed by atoms with van der Waals surface area (Å²) in [4.78, 5) is 0. The van der Waals surface area contributed by atoms with Crippen LogP contribution in [0.4, 0.5) is 0 Å². The summed E-state index contributed by atoms with van der Waals surface area (Å²) < 4.78 is 20.3. The Kier molecular flexibility index (Phi) is 8.10. The van der Waals surface area contributed by atoms with Crippen LogP contribution in [0.25, 0.3) is 77.2 Å². The van der Waals surface area contributed by atoms with Gasteiger partial charge >= 0.3 is 0 Å². The van der Waals surface area contributed by atoms with E-state index in [4.69, 9.17) is 0 Å². The molecule has 2 aromatic heterocycles. The quantitative estimate of drug-likeness (QED) is 0.149. The smallest absolute Gasteiger partial charge is 0.171 e. The fourth-order valence-electron chi connectivity index (χ4n) is 8.85. The van der Waals surface area contributed by atoms with Gasteiger partial charge in [-0.15, -0.1) is 0 Å². The van der Waals surface area contributed by atoms with Gasteiger partial charge in [-0.05, 0) is 76.9 Å². The number of fused-ring (bicyclic) bond motifs is 6. The maximum atomic E-state index is 15.6. The molecule has 1 atom stereocenters. The highest BCUT2D eigenvalue weighted by Gasteiger charge is 2.30. The minimum absolute atomic E-state index is 0.809. The van der Waals surface area contributed by atoms with Crippen molar-refractivity contribution < 1.29 is 4.57 Å². The molecule has 0 N–H and O–H groups in total. The molecule has 0 fully saturated rings. The first kappa shape index (κ1) is 34.1. The third kappa shape index (κ3) is 5.47. The Morgan fingerprint density at radius 2 is 0.672 bits per heavy atom. The van der Waals surface area contributed by atoms with E-state index in [9.17, 15) is 0 Å². The second kappa shape index (κ2) is 13.8. The second-order valence-electron chi connectivity index (χ2n) is 14.9. The predicted octanol–water partition coefficient (Wildman–Crippen LogP) is 12.9. The zero-order valence-corrected chi connectivity index (χ0v) is 32.5. The molecule has 2 heterocycles. The lowest BCUT2D eigenvalue weighted by molar-refractivity contribution is 0.592. The Balaban J connectivity index is 0.958. The van der Waals surface area contributed by atoms with E-state index in [2.05, 4.69) is 203 Å².